The summed E-state index contributed by atoms with van der Waals surface area (Å²) in [5.41, 5.74) is 2.63. The number of carbonyl (C=O) groups is 2. The fraction of sp³-hybridized carbons (Fsp3) is 0.259. The van der Waals surface area contributed by atoms with Crippen molar-refractivity contribution in [3.8, 4) is 23.0 Å². The topological polar surface area (TPSA) is 101 Å². The largest absolute Gasteiger partial charge is 0.496 e. The minimum Gasteiger partial charge on any atom is -0.496 e. The normalized spacial score (nSPS) is 10.6. The van der Waals surface area contributed by atoms with Gasteiger partial charge in [0.15, 0.2) is 18.3 Å². The van der Waals surface area contributed by atoms with E-state index in [4.69, 9.17) is 23.7 Å². The van der Waals surface area contributed by atoms with Crippen molar-refractivity contribution in [3.63, 3.8) is 0 Å². The highest BCUT2D eigenvalue weighted by atomic mass is 79.9. The van der Waals surface area contributed by atoms with Gasteiger partial charge >= 0.3 is 11.9 Å². The SMILES string of the molecule is COCOc1c(Br)c(OC(=O)c2c(C)cc(OCc3ccccc3)cc2OC)c(C)c(C)c1C(=O)O. The maximum absolute atomic E-state index is 13.3. The summed E-state index contributed by atoms with van der Waals surface area (Å²) in [4.78, 5) is 25.2. The number of aryl methyl sites for hydroxylation is 1. The molecular weight excluding hydrogens is 532 g/mol. The van der Waals surface area contributed by atoms with Crippen LogP contribution >= 0.6 is 15.9 Å². The van der Waals surface area contributed by atoms with Gasteiger partial charge in [0.25, 0.3) is 0 Å². The molecule has 1 N–H and O–H groups in total. The molecule has 3 aromatic carbocycles. The van der Waals surface area contributed by atoms with E-state index in [2.05, 4.69) is 15.9 Å². The molecule has 0 spiro atoms. The number of carboxylic acid groups (broad SMARTS) is 1. The second-order valence-corrected chi connectivity index (χ2v) is 8.73. The number of carbonyl (C=O) groups excluding carboxylic acids is 1. The predicted octanol–water partition coefficient (Wildman–Crippen LogP) is 5.86. The van der Waals surface area contributed by atoms with E-state index < -0.39 is 11.9 Å². The Balaban J connectivity index is 1.95. The van der Waals surface area contributed by atoms with E-state index in [1.54, 1.807) is 32.9 Å². The molecule has 3 aromatic rings. The van der Waals surface area contributed by atoms with Crippen molar-refractivity contribution in [3.05, 3.63) is 80.3 Å². The molecule has 0 amide bonds. The van der Waals surface area contributed by atoms with Crippen LogP contribution < -0.4 is 18.9 Å². The molecule has 0 unspecified atom stereocenters. The van der Waals surface area contributed by atoms with E-state index in [9.17, 15) is 14.7 Å². The zero-order valence-corrected chi connectivity index (χ0v) is 22.2. The van der Waals surface area contributed by atoms with Gasteiger partial charge in [0, 0.05) is 13.2 Å². The average Bonchev–Trinajstić information content (AvgIpc) is 2.86. The van der Waals surface area contributed by atoms with Crippen molar-refractivity contribution >= 4 is 27.9 Å². The molecule has 0 saturated carbocycles. The summed E-state index contributed by atoms with van der Waals surface area (Å²) in [5.74, 6) is -0.888. The Hall–Kier alpha value is -3.56. The van der Waals surface area contributed by atoms with Gasteiger partial charge in [-0.3, -0.25) is 0 Å². The van der Waals surface area contributed by atoms with Gasteiger partial charge in [-0.15, -0.1) is 0 Å². The van der Waals surface area contributed by atoms with Crippen LogP contribution in [0.1, 0.15) is 43.0 Å². The summed E-state index contributed by atoms with van der Waals surface area (Å²) >= 11 is 3.35. The van der Waals surface area contributed by atoms with Crippen LogP contribution in [0.3, 0.4) is 0 Å². The molecule has 190 valence electrons. The Labute approximate surface area is 217 Å². The van der Waals surface area contributed by atoms with E-state index in [0.717, 1.165) is 5.56 Å². The summed E-state index contributed by atoms with van der Waals surface area (Å²) in [6.45, 7) is 5.21. The van der Waals surface area contributed by atoms with Gasteiger partial charge in [-0.1, -0.05) is 30.3 Å². The van der Waals surface area contributed by atoms with E-state index in [1.807, 2.05) is 30.3 Å². The molecule has 3 rings (SSSR count). The van der Waals surface area contributed by atoms with Crippen LogP contribution in [0.4, 0.5) is 0 Å². The van der Waals surface area contributed by atoms with Gasteiger partial charge in [-0.25, -0.2) is 9.59 Å². The minimum atomic E-state index is -1.18. The monoisotopic (exact) mass is 558 g/mol. The highest BCUT2D eigenvalue weighted by Crippen LogP contribution is 2.43. The van der Waals surface area contributed by atoms with Crippen LogP contribution in [0.15, 0.2) is 46.9 Å². The fourth-order valence-electron chi connectivity index (χ4n) is 3.65. The number of aromatic carboxylic acids is 1. The maximum Gasteiger partial charge on any atom is 0.347 e. The molecule has 0 aliphatic rings. The lowest BCUT2D eigenvalue weighted by atomic mass is 10.0. The van der Waals surface area contributed by atoms with Crippen molar-refractivity contribution in [1.82, 2.24) is 0 Å². The third-order valence-electron chi connectivity index (χ3n) is 5.58. The second kappa shape index (κ2) is 11.9. The smallest absolute Gasteiger partial charge is 0.347 e. The number of benzene rings is 3. The van der Waals surface area contributed by atoms with E-state index >= 15 is 0 Å². The highest BCUT2D eigenvalue weighted by Gasteiger charge is 2.28. The first-order chi connectivity index (χ1) is 17.2. The van der Waals surface area contributed by atoms with Gasteiger partial charge in [-0.2, -0.15) is 0 Å². The number of hydrogen-bond donors (Lipinski definition) is 1. The van der Waals surface area contributed by atoms with Crippen molar-refractivity contribution in [2.24, 2.45) is 0 Å². The number of ether oxygens (including phenoxy) is 5. The minimum absolute atomic E-state index is 0.00333. The molecule has 0 saturated heterocycles. The molecule has 0 fully saturated rings. The average molecular weight is 559 g/mol. The van der Waals surface area contributed by atoms with Crippen LogP contribution in [0.2, 0.25) is 0 Å². The number of methoxy groups -OCH3 is 2. The standard InChI is InChI=1S/C27H27BrO8/c1-15-11-19(34-13-18-9-7-6-8-10-18)12-20(33-5)21(15)27(31)36-24-17(3)16(2)22(26(29)30)25(23(24)28)35-14-32-4/h6-12H,13-14H2,1-5H3,(H,29,30). The first-order valence-corrected chi connectivity index (χ1v) is 11.7. The quantitative estimate of drug-likeness (QED) is 0.187. The summed E-state index contributed by atoms with van der Waals surface area (Å²) in [7, 11) is 2.87. The van der Waals surface area contributed by atoms with Crippen molar-refractivity contribution in [1.29, 1.82) is 0 Å². The highest BCUT2D eigenvalue weighted by molar-refractivity contribution is 9.10. The second-order valence-electron chi connectivity index (χ2n) is 7.93. The number of halogens is 1. The third kappa shape index (κ3) is 5.80. The molecule has 0 bridgehead atoms. The van der Waals surface area contributed by atoms with Gasteiger partial charge in [0.2, 0.25) is 0 Å². The van der Waals surface area contributed by atoms with Crippen LogP contribution in [0.25, 0.3) is 0 Å². The summed E-state index contributed by atoms with van der Waals surface area (Å²) in [5, 5.41) is 9.71. The molecule has 0 aromatic heterocycles. The Kier molecular flexibility index (Phi) is 8.95. The van der Waals surface area contributed by atoms with E-state index in [-0.39, 0.29) is 39.6 Å². The molecule has 0 atom stereocenters. The molecule has 0 heterocycles. The lowest BCUT2D eigenvalue weighted by Crippen LogP contribution is -2.16. The number of hydrogen-bond acceptors (Lipinski definition) is 7. The zero-order valence-electron chi connectivity index (χ0n) is 20.6. The number of esters is 1. The van der Waals surface area contributed by atoms with Crippen molar-refractivity contribution in [2.45, 2.75) is 27.4 Å². The first kappa shape index (κ1) is 27.0. The van der Waals surface area contributed by atoms with Crippen LogP contribution in [0.5, 0.6) is 23.0 Å². The summed E-state index contributed by atoms with van der Waals surface area (Å²) < 4.78 is 27.8. The summed E-state index contributed by atoms with van der Waals surface area (Å²) in [6, 6.07) is 13.1. The molecule has 9 heteroatoms. The molecule has 0 radical (unpaired) electrons. The van der Waals surface area contributed by atoms with Gasteiger partial charge in [0.05, 0.1) is 7.11 Å². The summed E-state index contributed by atoms with van der Waals surface area (Å²) in [6.07, 6.45) is 0. The lowest BCUT2D eigenvalue weighted by molar-refractivity contribution is 0.0475. The van der Waals surface area contributed by atoms with Crippen LogP contribution in [-0.2, 0) is 11.3 Å². The van der Waals surface area contributed by atoms with Crippen molar-refractivity contribution < 1.29 is 38.4 Å². The van der Waals surface area contributed by atoms with E-state index in [1.165, 1.54) is 14.2 Å². The molecular formula is C27H27BrO8. The van der Waals surface area contributed by atoms with Gasteiger partial charge in [-0.05, 0) is 65.0 Å². The lowest BCUT2D eigenvalue weighted by Gasteiger charge is -2.20. The molecule has 0 aliphatic carbocycles. The molecule has 0 aliphatic heterocycles. The zero-order chi connectivity index (χ0) is 26.4. The first-order valence-electron chi connectivity index (χ1n) is 10.9. The number of rotatable bonds is 10. The number of carboxylic acids is 1. The van der Waals surface area contributed by atoms with Crippen molar-refractivity contribution in [2.75, 3.05) is 21.0 Å². The third-order valence-corrected chi connectivity index (χ3v) is 6.30. The Bertz CT molecular complexity index is 1270. The van der Waals surface area contributed by atoms with Gasteiger partial charge < -0.3 is 28.8 Å². The fourth-order valence-corrected chi connectivity index (χ4v) is 4.34. The Morgan fingerprint density at radius 2 is 1.61 bits per heavy atom. The van der Waals surface area contributed by atoms with Crippen LogP contribution in [0, 0.1) is 20.8 Å². The predicted molar refractivity (Wildman–Crippen MR) is 137 cm³/mol. The maximum atomic E-state index is 13.3. The Morgan fingerprint density at radius 3 is 2.22 bits per heavy atom. The van der Waals surface area contributed by atoms with Crippen LogP contribution in [-0.4, -0.2) is 38.1 Å². The Morgan fingerprint density at radius 1 is 0.917 bits per heavy atom. The van der Waals surface area contributed by atoms with E-state index in [0.29, 0.717) is 29.0 Å². The van der Waals surface area contributed by atoms with Gasteiger partial charge in [0.1, 0.15) is 33.7 Å². The molecule has 8 nitrogen and oxygen atoms in total. The molecule has 36 heavy (non-hydrogen) atoms.